The van der Waals surface area contributed by atoms with Crippen LogP contribution in [0.1, 0.15) is 23.2 Å². The van der Waals surface area contributed by atoms with Gasteiger partial charge in [0, 0.05) is 12.6 Å². The summed E-state index contributed by atoms with van der Waals surface area (Å²) in [6.45, 7) is 0.864. The average molecular weight is 266 g/mol. The first kappa shape index (κ1) is 13.3. The molecule has 0 aliphatic carbocycles. The summed E-state index contributed by atoms with van der Waals surface area (Å²) in [6.07, 6.45) is 1.69. The SMILES string of the molecule is COc1cccc([N+](=O)[O-])c1C(=O)N1CCCCO1. The van der Waals surface area contributed by atoms with Crippen LogP contribution in [0.2, 0.25) is 0 Å². The van der Waals surface area contributed by atoms with E-state index in [0.29, 0.717) is 13.2 Å². The highest BCUT2D eigenvalue weighted by molar-refractivity contribution is 6.00. The van der Waals surface area contributed by atoms with Crippen LogP contribution >= 0.6 is 0 Å². The second-order valence-corrected chi connectivity index (χ2v) is 4.06. The highest BCUT2D eigenvalue weighted by Crippen LogP contribution is 2.30. The van der Waals surface area contributed by atoms with Crippen molar-refractivity contribution in [2.24, 2.45) is 0 Å². The molecule has 1 heterocycles. The maximum absolute atomic E-state index is 12.3. The third-order valence-electron chi connectivity index (χ3n) is 2.86. The number of rotatable bonds is 3. The summed E-state index contributed by atoms with van der Waals surface area (Å²) >= 11 is 0. The zero-order valence-corrected chi connectivity index (χ0v) is 10.5. The normalized spacial score (nSPS) is 15.1. The average Bonchev–Trinajstić information content (AvgIpc) is 2.46. The first-order valence-electron chi connectivity index (χ1n) is 5.91. The molecule has 1 aliphatic heterocycles. The Balaban J connectivity index is 2.41. The molecule has 0 aromatic heterocycles. The van der Waals surface area contributed by atoms with Crippen LogP contribution in [0.4, 0.5) is 5.69 Å². The number of carbonyl (C=O) groups is 1. The molecule has 1 amide bonds. The lowest BCUT2D eigenvalue weighted by Gasteiger charge is -2.26. The Morgan fingerprint density at radius 3 is 2.84 bits per heavy atom. The summed E-state index contributed by atoms with van der Waals surface area (Å²) in [5.41, 5.74) is -0.351. The van der Waals surface area contributed by atoms with Gasteiger partial charge in [0.05, 0.1) is 18.6 Å². The highest BCUT2D eigenvalue weighted by atomic mass is 16.7. The van der Waals surface area contributed by atoms with Crippen molar-refractivity contribution in [3.05, 3.63) is 33.9 Å². The molecule has 0 atom stereocenters. The molecule has 0 unspecified atom stereocenters. The summed E-state index contributed by atoms with van der Waals surface area (Å²) in [7, 11) is 1.37. The second kappa shape index (κ2) is 5.66. The van der Waals surface area contributed by atoms with Gasteiger partial charge in [-0.25, -0.2) is 5.06 Å². The third-order valence-corrected chi connectivity index (χ3v) is 2.86. The Kier molecular flexibility index (Phi) is 3.96. The second-order valence-electron chi connectivity index (χ2n) is 4.06. The minimum Gasteiger partial charge on any atom is -0.496 e. The molecule has 102 valence electrons. The first-order chi connectivity index (χ1) is 9.15. The van der Waals surface area contributed by atoms with Crippen LogP contribution in [0.3, 0.4) is 0 Å². The number of nitro benzene ring substituents is 1. The van der Waals surface area contributed by atoms with Gasteiger partial charge in [0.1, 0.15) is 5.75 Å². The van der Waals surface area contributed by atoms with E-state index in [-0.39, 0.29) is 17.0 Å². The number of nitro groups is 1. The molecule has 1 aromatic rings. The first-order valence-corrected chi connectivity index (χ1v) is 5.91. The lowest BCUT2D eigenvalue weighted by molar-refractivity contribution is -0.385. The van der Waals surface area contributed by atoms with E-state index in [1.54, 1.807) is 0 Å². The molecule has 19 heavy (non-hydrogen) atoms. The topological polar surface area (TPSA) is 81.9 Å². The lowest BCUT2D eigenvalue weighted by Crippen LogP contribution is -2.36. The van der Waals surface area contributed by atoms with Crippen LogP contribution in [-0.4, -0.2) is 36.2 Å². The standard InChI is InChI=1S/C12H14N2O5/c1-18-10-6-4-5-9(14(16)17)11(10)12(15)13-7-2-3-8-19-13/h4-6H,2-3,7-8H2,1H3. The van der Waals surface area contributed by atoms with Crippen molar-refractivity contribution in [1.82, 2.24) is 5.06 Å². The fourth-order valence-corrected chi connectivity index (χ4v) is 1.94. The summed E-state index contributed by atoms with van der Waals surface area (Å²) in [4.78, 5) is 28.0. The number of carbonyl (C=O) groups excluding carboxylic acids is 1. The van der Waals surface area contributed by atoms with Crippen molar-refractivity contribution in [2.45, 2.75) is 12.8 Å². The number of methoxy groups -OCH3 is 1. The minimum atomic E-state index is -0.598. The molecule has 0 saturated carbocycles. The number of benzene rings is 1. The van der Waals surface area contributed by atoms with E-state index in [0.717, 1.165) is 17.9 Å². The molecule has 0 spiro atoms. The predicted octanol–water partition coefficient (Wildman–Crippen LogP) is 1.77. The van der Waals surface area contributed by atoms with Crippen molar-refractivity contribution in [3.8, 4) is 5.75 Å². The summed E-state index contributed by atoms with van der Waals surface area (Å²) in [5, 5.41) is 12.2. The quantitative estimate of drug-likeness (QED) is 0.615. The van der Waals surface area contributed by atoms with Crippen LogP contribution in [0.15, 0.2) is 18.2 Å². The molecule has 7 nitrogen and oxygen atoms in total. The minimum absolute atomic E-state index is 0.0723. The lowest BCUT2D eigenvalue weighted by atomic mass is 10.1. The monoisotopic (exact) mass is 266 g/mol. The number of ether oxygens (including phenoxy) is 1. The van der Waals surface area contributed by atoms with Crippen LogP contribution in [-0.2, 0) is 4.84 Å². The number of nitrogens with zero attached hydrogens (tertiary/aromatic N) is 2. The zero-order valence-electron chi connectivity index (χ0n) is 10.5. The Morgan fingerprint density at radius 2 is 2.26 bits per heavy atom. The van der Waals surface area contributed by atoms with Gasteiger partial charge in [-0.1, -0.05) is 6.07 Å². The van der Waals surface area contributed by atoms with E-state index in [1.807, 2.05) is 0 Å². The van der Waals surface area contributed by atoms with Gasteiger partial charge in [-0.3, -0.25) is 19.7 Å². The van der Waals surface area contributed by atoms with Crippen LogP contribution in [0, 0.1) is 10.1 Å². The van der Waals surface area contributed by atoms with Gasteiger partial charge in [0.2, 0.25) is 0 Å². The van der Waals surface area contributed by atoms with Crippen LogP contribution in [0.5, 0.6) is 5.75 Å². The maximum Gasteiger partial charge on any atom is 0.288 e. The molecular weight excluding hydrogens is 252 g/mol. The fourth-order valence-electron chi connectivity index (χ4n) is 1.94. The van der Waals surface area contributed by atoms with Crippen molar-refractivity contribution >= 4 is 11.6 Å². The summed E-state index contributed by atoms with van der Waals surface area (Å²) < 4.78 is 5.04. The molecule has 0 radical (unpaired) electrons. The Labute approximate surface area is 109 Å². The highest BCUT2D eigenvalue weighted by Gasteiger charge is 2.30. The number of hydrogen-bond acceptors (Lipinski definition) is 5. The van der Waals surface area contributed by atoms with E-state index in [1.165, 1.54) is 25.3 Å². The molecule has 1 aromatic carbocycles. The third kappa shape index (κ3) is 2.65. The molecular formula is C12H14N2O5. The van der Waals surface area contributed by atoms with E-state index >= 15 is 0 Å². The Morgan fingerprint density at radius 1 is 1.47 bits per heavy atom. The van der Waals surface area contributed by atoms with Gasteiger partial charge in [-0.05, 0) is 18.9 Å². The smallest absolute Gasteiger partial charge is 0.288 e. The largest absolute Gasteiger partial charge is 0.496 e. The van der Waals surface area contributed by atoms with E-state index in [9.17, 15) is 14.9 Å². The molecule has 2 rings (SSSR count). The summed E-state index contributed by atoms with van der Waals surface area (Å²) in [6, 6.07) is 4.27. The van der Waals surface area contributed by atoms with Crippen molar-refractivity contribution < 1.29 is 19.3 Å². The molecule has 1 fully saturated rings. The molecule has 1 saturated heterocycles. The number of hydrogen-bond donors (Lipinski definition) is 0. The van der Waals surface area contributed by atoms with Crippen LogP contribution < -0.4 is 4.74 Å². The molecule has 7 heteroatoms. The molecule has 1 aliphatic rings. The Hall–Kier alpha value is -2.15. The number of amides is 1. The number of hydroxylamine groups is 2. The van der Waals surface area contributed by atoms with Crippen molar-refractivity contribution in [2.75, 3.05) is 20.3 Å². The summed E-state index contributed by atoms with van der Waals surface area (Å²) in [5.74, 6) is -0.364. The molecule has 0 N–H and O–H groups in total. The van der Waals surface area contributed by atoms with Gasteiger partial charge in [0.15, 0.2) is 5.56 Å². The van der Waals surface area contributed by atoms with Crippen molar-refractivity contribution in [1.29, 1.82) is 0 Å². The van der Waals surface area contributed by atoms with Gasteiger partial charge in [0.25, 0.3) is 11.6 Å². The predicted molar refractivity (Wildman–Crippen MR) is 65.9 cm³/mol. The van der Waals surface area contributed by atoms with Gasteiger partial charge in [-0.2, -0.15) is 0 Å². The Bertz CT molecular complexity index is 497. The zero-order chi connectivity index (χ0) is 13.8. The van der Waals surface area contributed by atoms with Crippen molar-refractivity contribution in [3.63, 3.8) is 0 Å². The van der Waals surface area contributed by atoms with Gasteiger partial charge >= 0.3 is 0 Å². The van der Waals surface area contributed by atoms with Gasteiger partial charge < -0.3 is 4.74 Å². The van der Waals surface area contributed by atoms with E-state index in [2.05, 4.69) is 0 Å². The van der Waals surface area contributed by atoms with Crippen LogP contribution in [0.25, 0.3) is 0 Å². The molecule has 0 bridgehead atoms. The fraction of sp³-hybridized carbons (Fsp3) is 0.417. The maximum atomic E-state index is 12.3. The van der Waals surface area contributed by atoms with E-state index in [4.69, 9.17) is 9.57 Å². The van der Waals surface area contributed by atoms with E-state index < -0.39 is 10.8 Å². The van der Waals surface area contributed by atoms with Gasteiger partial charge in [-0.15, -0.1) is 0 Å².